The Morgan fingerprint density at radius 2 is 1.77 bits per heavy atom. The summed E-state index contributed by atoms with van der Waals surface area (Å²) in [4.78, 5) is 35.7. The second-order valence-corrected chi connectivity index (χ2v) is 13.7. The quantitative estimate of drug-likeness (QED) is 0.245. The normalized spacial score (nSPS) is 23.5. The van der Waals surface area contributed by atoms with E-state index in [4.69, 9.17) is 4.98 Å². The summed E-state index contributed by atoms with van der Waals surface area (Å²) in [6.07, 6.45) is 8.70. The summed E-state index contributed by atoms with van der Waals surface area (Å²) < 4.78 is 17.0. The smallest absolute Gasteiger partial charge is 0.237 e. The SMILES string of the molecule is C=CCNC(=O)C(C)(C)C(=O)N1CCC(CCN2[C@@H]3CC[C@H]2CC(n2c(C)nc4ccccc42)C3)(c2cccc(F)c2)CC1. The highest BCUT2D eigenvalue weighted by atomic mass is 19.1. The summed E-state index contributed by atoms with van der Waals surface area (Å²) in [6.45, 7) is 11.6. The largest absolute Gasteiger partial charge is 0.352 e. The summed E-state index contributed by atoms with van der Waals surface area (Å²) >= 11 is 0. The Hall–Kier alpha value is -3.52. The predicted molar refractivity (Wildman–Crippen MR) is 172 cm³/mol. The van der Waals surface area contributed by atoms with Crippen molar-refractivity contribution in [1.29, 1.82) is 0 Å². The average molecular weight is 600 g/mol. The standard InChI is InChI=1S/C36H46FN5O2/c1-5-18-38-33(43)35(3,4)34(44)40-19-15-36(16-20-40,26-9-8-10-27(37)22-26)17-21-41-28-13-14-29(41)24-30(23-28)42-25(2)39-31-11-6-7-12-32(31)42/h5-12,22,28-30H,1,13-21,23-24H2,2-4H3,(H,38,43)/t28-,29+,30?. The number of halogens is 1. The molecule has 3 aliphatic heterocycles. The van der Waals surface area contributed by atoms with Gasteiger partial charge in [0.15, 0.2) is 0 Å². The van der Waals surface area contributed by atoms with Crippen LogP contribution in [0.25, 0.3) is 11.0 Å². The van der Waals surface area contributed by atoms with Crippen molar-refractivity contribution in [3.63, 3.8) is 0 Å². The lowest BCUT2D eigenvalue weighted by molar-refractivity contribution is -0.149. The second-order valence-electron chi connectivity index (χ2n) is 13.7. The summed E-state index contributed by atoms with van der Waals surface area (Å²) in [5.41, 5.74) is 1.94. The summed E-state index contributed by atoms with van der Waals surface area (Å²) in [6, 6.07) is 17.0. The van der Waals surface area contributed by atoms with Gasteiger partial charge in [-0.15, -0.1) is 6.58 Å². The number of hydrogen-bond acceptors (Lipinski definition) is 4. The van der Waals surface area contributed by atoms with Crippen molar-refractivity contribution in [2.24, 2.45) is 5.41 Å². The zero-order valence-electron chi connectivity index (χ0n) is 26.4. The number of likely N-dealkylation sites (tertiary alicyclic amines) is 1. The molecule has 1 aromatic heterocycles. The molecule has 6 rings (SSSR count). The van der Waals surface area contributed by atoms with E-state index in [1.807, 2.05) is 11.0 Å². The maximum atomic E-state index is 14.6. The molecule has 2 amide bonds. The van der Waals surface area contributed by atoms with E-state index in [0.717, 1.165) is 55.6 Å². The monoisotopic (exact) mass is 599 g/mol. The molecule has 8 heteroatoms. The number of aromatic nitrogens is 2. The lowest BCUT2D eigenvalue weighted by Crippen LogP contribution is -2.54. The van der Waals surface area contributed by atoms with E-state index in [9.17, 15) is 14.0 Å². The molecule has 3 aliphatic rings. The molecule has 1 N–H and O–H groups in total. The predicted octanol–water partition coefficient (Wildman–Crippen LogP) is 5.93. The lowest BCUT2D eigenvalue weighted by atomic mass is 9.70. The molecule has 7 nitrogen and oxygen atoms in total. The maximum absolute atomic E-state index is 14.6. The van der Waals surface area contributed by atoms with Gasteiger partial charge in [-0.3, -0.25) is 14.5 Å². The highest BCUT2D eigenvalue weighted by Gasteiger charge is 2.46. The molecule has 0 spiro atoms. The summed E-state index contributed by atoms with van der Waals surface area (Å²) in [7, 11) is 0. The number of rotatable bonds is 9. The first kappa shape index (κ1) is 30.5. The number of nitrogens with zero attached hydrogens (tertiary/aromatic N) is 4. The number of imidazole rings is 1. The molecule has 44 heavy (non-hydrogen) atoms. The van der Waals surface area contributed by atoms with Crippen LogP contribution in [0.2, 0.25) is 0 Å². The van der Waals surface area contributed by atoms with Gasteiger partial charge in [-0.2, -0.15) is 0 Å². The Morgan fingerprint density at radius 1 is 1.07 bits per heavy atom. The van der Waals surface area contributed by atoms with Crippen molar-refractivity contribution in [1.82, 2.24) is 24.7 Å². The van der Waals surface area contributed by atoms with E-state index in [1.54, 1.807) is 26.0 Å². The van der Waals surface area contributed by atoms with E-state index < -0.39 is 5.41 Å². The van der Waals surface area contributed by atoms with Crippen LogP contribution in [-0.2, 0) is 15.0 Å². The Bertz CT molecular complexity index is 1520. The molecular weight excluding hydrogens is 553 g/mol. The molecule has 3 aromatic rings. The first-order chi connectivity index (χ1) is 21.1. The molecular formula is C36H46FN5O2. The fraction of sp³-hybridized carbons (Fsp3) is 0.528. The van der Waals surface area contributed by atoms with Crippen molar-refractivity contribution in [2.75, 3.05) is 26.2 Å². The van der Waals surface area contributed by atoms with E-state index in [1.165, 1.54) is 24.4 Å². The van der Waals surface area contributed by atoms with Gasteiger partial charge in [0.25, 0.3) is 0 Å². The van der Waals surface area contributed by atoms with E-state index in [0.29, 0.717) is 37.8 Å². The van der Waals surface area contributed by atoms with Crippen LogP contribution in [0.15, 0.2) is 61.2 Å². The van der Waals surface area contributed by atoms with Crippen LogP contribution in [0.5, 0.6) is 0 Å². The number of nitrogens with one attached hydrogen (secondary N) is 1. The number of carbonyl (C=O) groups is 2. The van der Waals surface area contributed by atoms with Crippen molar-refractivity contribution in [3.8, 4) is 0 Å². The van der Waals surface area contributed by atoms with Crippen LogP contribution >= 0.6 is 0 Å². The van der Waals surface area contributed by atoms with Gasteiger partial charge in [0, 0.05) is 37.8 Å². The van der Waals surface area contributed by atoms with Crippen LogP contribution < -0.4 is 5.32 Å². The summed E-state index contributed by atoms with van der Waals surface area (Å²) in [5.74, 6) is 0.428. The van der Waals surface area contributed by atoms with Crippen LogP contribution in [0, 0.1) is 18.2 Å². The third-order valence-electron chi connectivity index (χ3n) is 10.8. The van der Waals surface area contributed by atoms with E-state index >= 15 is 0 Å². The zero-order chi connectivity index (χ0) is 31.1. The number of carbonyl (C=O) groups excluding carboxylic acids is 2. The number of benzene rings is 2. The van der Waals surface area contributed by atoms with Crippen LogP contribution in [-0.4, -0.2) is 69.4 Å². The Labute approximate surface area is 260 Å². The highest BCUT2D eigenvalue weighted by Crippen LogP contribution is 2.45. The van der Waals surface area contributed by atoms with Crippen molar-refractivity contribution < 1.29 is 14.0 Å². The Balaban J connectivity index is 1.16. The first-order valence-electron chi connectivity index (χ1n) is 16.3. The zero-order valence-corrected chi connectivity index (χ0v) is 26.4. The fourth-order valence-electron chi connectivity index (χ4n) is 8.31. The minimum atomic E-state index is -1.16. The Kier molecular flexibility index (Phi) is 8.40. The van der Waals surface area contributed by atoms with Gasteiger partial charge in [0.1, 0.15) is 17.1 Å². The van der Waals surface area contributed by atoms with Gasteiger partial charge >= 0.3 is 0 Å². The van der Waals surface area contributed by atoms with Crippen LogP contribution in [0.3, 0.4) is 0 Å². The van der Waals surface area contributed by atoms with Gasteiger partial charge in [-0.25, -0.2) is 9.37 Å². The minimum Gasteiger partial charge on any atom is -0.352 e. The second kappa shape index (κ2) is 12.1. The topological polar surface area (TPSA) is 70.5 Å². The number of para-hydroxylation sites is 2. The molecule has 0 radical (unpaired) electrons. The minimum absolute atomic E-state index is 0.158. The van der Waals surface area contributed by atoms with Gasteiger partial charge in [-0.1, -0.05) is 30.3 Å². The van der Waals surface area contributed by atoms with Crippen LogP contribution in [0.1, 0.15) is 76.2 Å². The summed E-state index contributed by atoms with van der Waals surface area (Å²) in [5, 5.41) is 2.78. The highest BCUT2D eigenvalue weighted by molar-refractivity contribution is 6.04. The van der Waals surface area contributed by atoms with E-state index in [2.05, 4.69) is 58.6 Å². The maximum Gasteiger partial charge on any atom is 0.237 e. The van der Waals surface area contributed by atoms with Gasteiger partial charge in [0.05, 0.1) is 11.0 Å². The molecule has 2 aromatic carbocycles. The number of piperidine rings is 2. The molecule has 0 aliphatic carbocycles. The number of hydrogen-bond donors (Lipinski definition) is 1. The van der Waals surface area contributed by atoms with Crippen molar-refractivity contribution in [3.05, 3.63) is 78.4 Å². The van der Waals surface area contributed by atoms with E-state index in [-0.39, 0.29) is 23.0 Å². The number of amides is 2. The molecule has 1 unspecified atom stereocenters. The Morgan fingerprint density at radius 3 is 2.45 bits per heavy atom. The van der Waals surface area contributed by atoms with Gasteiger partial charge < -0.3 is 14.8 Å². The molecule has 4 heterocycles. The van der Waals surface area contributed by atoms with Gasteiger partial charge in [0.2, 0.25) is 11.8 Å². The lowest BCUT2D eigenvalue weighted by Gasteiger charge is -2.46. The van der Waals surface area contributed by atoms with Crippen molar-refractivity contribution >= 4 is 22.8 Å². The third-order valence-corrected chi connectivity index (χ3v) is 10.8. The molecule has 2 bridgehead atoms. The van der Waals surface area contributed by atoms with Gasteiger partial charge in [-0.05, 0) is 108 Å². The third kappa shape index (κ3) is 5.57. The molecule has 3 fully saturated rings. The average Bonchev–Trinajstić information content (AvgIpc) is 3.48. The molecule has 0 saturated carbocycles. The molecule has 3 saturated heterocycles. The molecule has 234 valence electrons. The fourth-order valence-corrected chi connectivity index (χ4v) is 8.31. The van der Waals surface area contributed by atoms with Crippen LogP contribution in [0.4, 0.5) is 4.39 Å². The molecule has 3 atom stereocenters. The number of aryl methyl sites for hydroxylation is 1. The first-order valence-corrected chi connectivity index (χ1v) is 16.3. The number of fused-ring (bicyclic) bond motifs is 3. The van der Waals surface area contributed by atoms with Crippen molar-refractivity contribution in [2.45, 2.75) is 89.3 Å².